The first-order valence-electron chi connectivity index (χ1n) is 9.38. The number of unbranched alkanes of at least 4 members (excludes halogenated alkanes) is 6. The number of hydrogen-bond acceptors (Lipinski definition) is 1. The van der Waals surface area contributed by atoms with Gasteiger partial charge in [0, 0.05) is 11.7 Å². The molecule has 1 rings (SSSR count). The molecule has 0 aliphatic carbocycles. The summed E-state index contributed by atoms with van der Waals surface area (Å²) in [4.78, 5) is 12.2. The average molecular weight is 319 g/mol. The summed E-state index contributed by atoms with van der Waals surface area (Å²) < 4.78 is 0. The number of benzene rings is 1. The Balaban J connectivity index is 2.37. The maximum Gasteiger partial charge on any atom is 0.319 e. The highest BCUT2D eigenvalue weighted by Gasteiger charge is 2.12. The molecule has 1 aromatic rings. The van der Waals surface area contributed by atoms with Gasteiger partial charge in [0.05, 0.1) is 0 Å². The SMILES string of the molecule is CCCCCCC(CCCCCC)NC(=O)Nc1ccccc1. The van der Waals surface area contributed by atoms with Crippen LogP contribution < -0.4 is 10.6 Å². The molecule has 0 spiro atoms. The molecule has 0 atom stereocenters. The largest absolute Gasteiger partial charge is 0.335 e. The van der Waals surface area contributed by atoms with Crippen LogP contribution in [0.5, 0.6) is 0 Å². The minimum Gasteiger partial charge on any atom is -0.335 e. The number of amides is 2. The van der Waals surface area contributed by atoms with Gasteiger partial charge in [0.1, 0.15) is 0 Å². The summed E-state index contributed by atoms with van der Waals surface area (Å²) in [6.07, 6.45) is 12.2. The van der Waals surface area contributed by atoms with Crippen molar-refractivity contribution in [3.63, 3.8) is 0 Å². The van der Waals surface area contributed by atoms with Gasteiger partial charge in [-0.3, -0.25) is 0 Å². The molecule has 0 radical (unpaired) electrons. The van der Waals surface area contributed by atoms with Crippen LogP contribution in [0.25, 0.3) is 0 Å². The highest BCUT2D eigenvalue weighted by molar-refractivity contribution is 5.89. The second-order valence-corrected chi connectivity index (χ2v) is 6.36. The topological polar surface area (TPSA) is 41.1 Å². The molecule has 0 heterocycles. The second-order valence-electron chi connectivity index (χ2n) is 6.36. The highest BCUT2D eigenvalue weighted by Crippen LogP contribution is 2.13. The smallest absolute Gasteiger partial charge is 0.319 e. The third-order valence-electron chi connectivity index (χ3n) is 4.18. The number of carbonyl (C=O) groups excluding carboxylic acids is 1. The molecular weight excluding hydrogens is 284 g/mol. The normalized spacial score (nSPS) is 10.7. The lowest BCUT2D eigenvalue weighted by Gasteiger charge is -2.19. The fourth-order valence-electron chi connectivity index (χ4n) is 2.80. The highest BCUT2D eigenvalue weighted by atomic mass is 16.2. The Kier molecular flexibility index (Phi) is 11.0. The number of anilines is 1. The second kappa shape index (κ2) is 13.0. The molecule has 0 aromatic heterocycles. The van der Waals surface area contributed by atoms with Crippen molar-refractivity contribution >= 4 is 11.7 Å². The Bertz CT molecular complexity index is 393. The first-order valence-corrected chi connectivity index (χ1v) is 9.38. The van der Waals surface area contributed by atoms with Crippen LogP contribution in [0.3, 0.4) is 0 Å². The lowest BCUT2D eigenvalue weighted by atomic mass is 10.0. The Hall–Kier alpha value is -1.51. The van der Waals surface area contributed by atoms with Crippen LogP contribution in [0.4, 0.5) is 10.5 Å². The maximum absolute atomic E-state index is 12.2. The molecule has 3 heteroatoms. The zero-order chi connectivity index (χ0) is 16.8. The van der Waals surface area contributed by atoms with E-state index < -0.39 is 0 Å². The Morgan fingerprint density at radius 2 is 1.43 bits per heavy atom. The van der Waals surface area contributed by atoms with Crippen LogP contribution in [0.2, 0.25) is 0 Å². The van der Waals surface area contributed by atoms with Crippen molar-refractivity contribution in [1.29, 1.82) is 0 Å². The van der Waals surface area contributed by atoms with E-state index in [2.05, 4.69) is 24.5 Å². The third-order valence-corrected chi connectivity index (χ3v) is 4.18. The summed E-state index contributed by atoms with van der Waals surface area (Å²) in [6, 6.07) is 9.87. The molecule has 0 unspecified atom stereocenters. The molecule has 23 heavy (non-hydrogen) atoms. The first kappa shape index (κ1) is 19.5. The van der Waals surface area contributed by atoms with E-state index in [0.29, 0.717) is 6.04 Å². The third kappa shape index (κ3) is 9.98. The summed E-state index contributed by atoms with van der Waals surface area (Å²) in [5, 5.41) is 6.09. The molecule has 0 saturated carbocycles. The molecule has 2 amide bonds. The number of rotatable bonds is 12. The van der Waals surface area contributed by atoms with E-state index in [1.807, 2.05) is 30.3 Å². The summed E-state index contributed by atoms with van der Waals surface area (Å²) in [7, 11) is 0. The maximum atomic E-state index is 12.2. The average Bonchev–Trinajstić information content (AvgIpc) is 2.56. The van der Waals surface area contributed by atoms with Crippen molar-refractivity contribution in [2.24, 2.45) is 0 Å². The van der Waals surface area contributed by atoms with Crippen LogP contribution in [0.1, 0.15) is 78.1 Å². The lowest BCUT2D eigenvalue weighted by Crippen LogP contribution is -2.38. The van der Waals surface area contributed by atoms with Gasteiger partial charge in [0.2, 0.25) is 0 Å². The molecule has 0 bridgehead atoms. The lowest BCUT2D eigenvalue weighted by molar-refractivity contribution is 0.246. The molecule has 0 aliphatic rings. The van der Waals surface area contributed by atoms with Gasteiger partial charge < -0.3 is 10.6 Å². The molecular formula is C20H34N2O. The van der Waals surface area contributed by atoms with Crippen molar-refractivity contribution in [2.75, 3.05) is 5.32 Å². The monoisotopic (exact) mass is 318 g/mol. The van der Waals surface area contributed by atoms with E-state index in [0.717, 1.165) is 18.5 Å². The van der Waals surface area contributed by atoms with E-state index in [9.17, 15) is 4.79 Å². The summed E-state index contributed by atoms with van der Waals surface area (Å²) in [5.41, 5.74) is 0.848. The van der Waals surface area contributed by atoms with E-state index in [1.165, 1.54) is 51.4 Å². The van der Waals surface area contributed by atoms with Crippen molar-refractivity contribution in [1.82, 2.24) is 5.32 Å². The van der Waals surface area contributed by atoms with Crippen LogP contribution in [0.15, 0.2) is 30.3 Å². The van der Waals surface area contributed by atoms with E-state index in [-0.39, 0.29) is 6.03 Å². The van der Waals surface area contributed by atoms with Gasteiger partial charge in [-0.1, -0.05) is 83.4 Å². The number of carbonyl (C=O) groups is 1. The Morgan fingerprint density at radius 3 is 1.96 bits per heavy atom. The van der Waals surface area contributed by atoms with Gasteiger partial charge >= 0.3 is 6.03 Å². The number of para-hydroxylation sites is 1. The standard InChI is InChI=1S/C20H34N2O/c1-3-5-7-10-14-18(15-11-8-6-4-2)21-20(23)22-19-16-12-9-13-17-19/h9,12-13,16-18H,3-8,10-11,14-15H2,1-2H3,(H2,21,22,23). The van der Waals surface area contributed by atoms with Gasteiger partial charge in [-0.2, -0.15) is 0 Å². The van der Waals surface area contributed by atoms with Gasteiger partial charge in [-0.25, -0.2) is 4.79 Å². The van der Waals surface area contributed by atoms with Gasteiger partial charge in [-0.15, -0.1) is 0 Å². The van der Waals surface area contributed by atoms with E-state index >= 15 is 0 Å². The summed E-state index contributed by atoms with van der Waals surface area (Å²) in [6.45, 7) is 4.46. The zero-order valence-corrected chi connectivity index (χ0v) is 14.9. The van der Waals surface area contributed by atoms with Crippen molar-refractivity contribution in [3.8, 4) is 0 Å². The quantitative estimate of drug-likeness (QED) is 0.448. The van der Waals surface area contributed by atoms with Crippen molar-refractivity contribution in [2.45, 2.75) is 84.1 Å². The molecule has 2 N–H and O–H groups in total. The first-order chi connectivity index (χ1) is 11.3. The minimum atomic E-state index is -0.0767. The van der Waals surface area contributed by atoms with Crippen LogP contribution >= 0.6 is 0 Å². The number of nitrogens with one attached hydrogen (secondary N) is 2. The van der Waals surface area contributed by atoms with Crippen LogP contribution in [-0.2, 0) is 0 Å². The Labute approximate surface area is 142 Å². The predicted molar refractivity (Wildman–Crippen MR) is 99.9 cm³/mol. The van der Waals surface area contributed by atoms with Crippen molar-refractivity contribution < 1.29 is 4.79 Å². The van der Waals surface area contributed by atoms with Crippen LogP contribution in [-0.4, -0.2) is 12.1 Å². The van der Waals surface area contributed by atoms with Gasteiger partial charge in [0.25, 0.3) is 0 Å². The summed E-state index contributed by atoms with van der Waals surface area (Å²) in [5.74, 6) is 0. The zero-order valence-electron chi connectivity index (χ0n) is 14.9. The minimum absolute atomic E-state index is 0.0767. The molecule has 0 saturated heterocycles. The summed E-state index contributed by atoms with van der Waals surface area (Å²) >= 11 is 0. The number of hydrogen-bond donors (Lipinski definition) is 2. The van der Waals surface area contributed by atoms with Crippen LogP contribution in [0, 0.1) is 0 Å². The van der Waals surface area contributed by atoms with Crippen molar-refractivity contribution in [3.05, 3.63) is 30.3 Å². The predicted octanol–water partition coefficient (Wildman–Crippen LogP) is 6.12. The molecule has 130 valence electrons. The van der Waals surface area contributed by atoms with Gasteiger partial charge in [-0.05, 0) is 25.0 Å². The van der Waals surface area contributed by atoms with Gasteiger partial charge in [0.15, 0.2) is 0 Å². The Morgan fingerprint density at radius 1 is 0.870 bits per heavy atom. The fourth-order valence-corrected chi connectivity index (χ4v) is 2.80. The fraction of sp³-hybridized carbons (Fsp3) is 0.650. The molecule has 1 aromatic carbocycles. The van der Waals surface area contributed by atoms with E-state index in [1.54, 1.807) is 0 Å². The van der Waals surface area contributed by atoms with E-state index in [4.69, 9.17) is 0 Å². The molecule has 0 aliphatic heterocycles. The molecule has 3 nitrogen and oxygen atoms in total. The molecule has 0 fully saturated rings. The number of urea groups is 1.